The first-order valence-corrected chi connectivity index (χ1v) is 4.85. The second-order valence-corrected chi connectivity index (χ2v) is 3.51. The first-order valence-electron chi connectivity index (χ1n) is 3.97. The molecule has 0 aliphatic carbocycles. The van der Waals surface area contributed by atoms with Crippen LogP contribution in [0.4, 0.5) is 5.82 Å². The molecule has 0 saturated carbocycles. The molecule has 2 rings (SSSR count). The highest BCUT2D eigenvalue weighted by Gasteiger charge is 1.94. The zero-order valence-electron chi connectivity index (χ0n) is 6.97. The Kier molecular flexibility index (Phi) is 2.52. The summed E-state index contributed by atoms with van der Waals surface area (Å²) < 4.78 is 0. The van der Waals surface area contributed by atoms with Crippen molar-refractivity contribution in [2.75, 3.05) is 5.32 Å². The third-order valence-corrected chi connectivity index (χ3v) is 2.37. The van der Waals surface area contributed by atoms with Crippen molar-refractivity contribution in [2.24, 2.45) is 0 Å². The number of aromatic nitrogens is 2. The van der Waals surface area contributed by atoms with Gasteiger partial charge in [-0.05, 0) is 12.1 Å². The van der Waals surface area contributed by atoms with Gasteiger partial charge in [0.25, 0.3) is 0 Å². The molecule has 0 aromatic carbocycles. The molecular formula is C9H9N3S. The van der Waals surface area contributed by atoms with Gasteiger partial charge in [0.2, 0.25) is 0 Å². The number of nitrogens with one attached hydrogen (secondary N) is 1. The molecular weight excluding hydrogens is 182 g/mol. The molecule has 0 aliphatic rings. The molecule has 3 nitrogen and oxygen atoms in total. The van der Waals surface area contributed by atoms with Crippen LogP contribution in [-0.2, 0) is 6.54 Å². The van der Waals surface area contributed by atoms with E-state index in [0.717, 1.165) is 12.4 Å². The average Bonchev–Trinajstić information content (AvgIpc) is 2.69. The highest BCUT2D eigenvalue weighted by molar-refractivity contribution is 7.09. The van der Waals surface area contributed by atoms with Gasteiger partial charge in [-0.1, -0.05) is 6.07 Å². The summed E-state index contributed by atoms with van der Waals surface area (Å²) in [5.41, 5.74) is 1.83. The lowest BCUT2D eigenvalue weighted by molar-refractivity contribution is 1.13. The molecule has 0 atom stereocenters. The number of pyridine rings is 1. The van der Waals surface area contributed by atoms with Crippen LogP contribution in [0, 0.1) is 0 Å². The zero-order chi connectivity index (χ0) is 8.93. The summed E-state index contributed by atoms with van der Waals surface area (Å²) in [5.74, 6) is 0.899. The molecule has 0 amide bonds. The van der Waals surface area contributed by atoms with Gasteiger partial charge in [-0.25, -0.2) is 4.98 Å². The lowest BCUT2D eigenvalue weighted by Gasteiger charge is -2.01. The van der Waals surface area contributed by atoms with E-state index in [-0.39, 0.29) is 0 Å². The van der Waals surface area contributed by atoms with Crippen molar-refractivity contribution in [3.8, 4) is 0 Å². The molecule has 2 aromatic rings. The van der Waals surface area contributed by atoms with Crippen LogP contribution in [0.15, 0.2) is 36.1 Å². The van der Waals surface area contributed by atoms with E-state index in [1.807, 2.05) is 29.9 Å². The summed E-state index contributed by atoms with van der Waals surface area (Å²) in [7, 11) is 0. The number of rotatable bonds is 3. The van der Waals surface area contributed by atoms with Gasteiger partial charge in [0.1, 0.15) is 5.82 Å². The molecule has 13 heavy (non-hydrogen) atoms. The van der Waals surface area contributed by atoms with E-state index < -0.39 is 0 Å². The lowest BCUT2D eigenvalue weighted by Crippen LogP contribution is -1.98. The van der Waals surface area contributed by atoms with Gasteiger partial charge in [-0.3, -0.25) is 4.98 Å². The molecule has 0 spiro atoms. The van der Waals surface area contributed by atoms with Crippen LogP contribution in [0.1, 0.15) is 4.88 Å². The Balaban J connectivity index is 1.94. The number of thiazole rings is 1. The normalized spacial score (nSPS) is 9.85. The number of hydrogen-bond acceptors (Lipinski definition) is 4. The Morgan fingerprint density at radius 1 is 1.38 bits per heavy atom. The van der Waals surface area contributed by atoms with E-state index >= 15 is 0 Å². The Morgan fingerprint density at radius 3 is 3.08 bits per heavy atom. The topological polar surface area (TPSA) is 37.8 Å². The first kappa shape index (κ1) is 8.19. The minimum Gasteiger partial charge on any atom is -0.365 e. The minimum absolute atomic E-state index is 0.793. The quantitative estimate of drug-likeness (QED) is 0.807. The summed E-state index contributed by atoms with van der Waals surface area (Å²) in [6, 6.07) is 5.81. The van der Waals surface area contributed by atoms with Gasteiger partial charge in [0.05, 0.1) is 12.1 Å². The molecule has 0 aliphatic heterocycles. The molecule has 0 fully saturated rings. The zero-order valence-corrected chi connectivity index (χ0v) is 7.79. The number of hydrogen-bond donors (Lipinski definition) is 1. The third-order valence-electron chi connectivity index (χ3n) is 1.59. The van der Waals surface area contributed by atoms with E-state index in [2.05, 4.69) is 15.3 Å². The monoisotopic (exact) mass is 191 g/mol. The predicted octanol–water partition coefficient (Wildman–Crippen LogP) is 2.15. The molecule has 0 saturated heterocycles. The van der Waals surface area contributed by atoms with Crippen LogP contribution in [0.2, 0.25) is 0 Å². The summed E-state index contributed by atoms with van der Waals surface area (Å²) >= 11 is 1.64. The maximum atomic E-state index is 4.15. The smallest absolute Gasteiger partial charge is 0.126 e. The van der Waals surface area contributed by atoms with E-state index in [1.165, 1.54) is 4.88 Å². The van der Waals surface area contributed by atoms with E-state index in [9.17, 15) is 0 Å². The van der Waals surface area contributed by atoms with Crippen molar-refractivity contribution < 1.29 is 0 Å². The SMILES string of the molecule is c1ccc(NCc2cncs2)nc1. The minimum atomic E-state index is 0.793. The molecule has 0 radical (unpaired) electrons. The number of nitrogens with zero attached hydrogens (tertiary/aromatic N) is 2. The van der Waals surface area contributed by atoms with Gasteiger partial charge >= 0.3 is 0 Å². The standard InChI is InChI=1S/C9H9N3S/c1-2-4-11-9(3-1)12-6-8-5-10-7-13-8/h1-5,7H,6H2,(H,11,12). The Bertz CT molecular complexity index is 344. The van der Waals surface area contributed by atoms with Crippen LogP contribution >= 0.6 is 11.3 Å². The Labute approximate surface area is 80.5 Å². The van der Waals surface area contributed by atoms with E-state index in [0.29, 0.717) is 0 Å². The predicted molar refractivity (Wildman–Crippen MR) is 53.7 cm³/mol. The van der Waals surface area contributed by atoms with Crippen molar-refractivity contribution in [3.05, 3.63) is 41.0 Å². The molecule has 2 heterocycles. The maximum Gasteiger partial charge on any atom is 0.126 e. The molecule has 0 unspecified atom stereocenters. The Hall–Kier alpha value is -1.42. The van der Waals surface area contributed by atoms with Gasteiger partial charge in [-0.15, -0.1) is 11.3 Å². The molecule has 66 valence electrons. The van der Waals surface area contributed by atoms with Crippen LogP contribution in [0.25, 0.3) is 0 Å². The van der Waals surface area contributed by atoms with Crippen molar-refractivity contribution in [3.63, 3.8) is 0 Å². The fourth-order valence-electron chi connectivity index (χ4n) is 0.974. The van der Waals surface area contributed by atoms with Crippen molar-refractivity contribution in [1.29, 1.82) is 0 Å². The van der Waals surface area contributed by atoms with Crippen LogP contribution in [0.5, 0.6) is 0 Å². The highest BCUT2D eigenvalue weighted by Crippen LogP contribution is 2.08. The van der Waals surface area contributed by atoms with Crippen molar-refractivity contribution in [2.45, 2.75) is 6.54 Å². The van der Waals surface area contributed by atoms with Crippen molar-refractivity contribution in [1.82, 2.24) is 9.97 Å². The number of anilines is 1. The van der Waals surface area contributed by atoms with Gasteiger partial charge < -0.3 is 5.32 Å². The highest BCUT2D eigenvalue weighted by atomic mass is 32.1. The van der Waals surface area contributed by atoms with E-state index in [4.69, 9.17) is 0 Å². The van der Waals surface area contributed by atoms with Gasteiger partial charge in [0.15, 0.2) is 0 Å². The average molecular weight is 191 g/mol. The molecule has 1 N–H and O–H groups in total. The Morgan fingerprint density at radius 2 is 2.38 bits per heavy atom. The van der Waals surface area contributed by atoms with Crippen LogP contribution in [-0.4, -0.2) is 9.97 Å². The fourth-order valence-corrected chi connectivity index (χ4v) is 1.51. The van der Waals surface area contributed by atoms with Crippen LogP contribution in [0.3, 0.4) is 0 Å². The summed E-state index contributed by atoms with van der Waals surface area (Å²) in [5, 5.41) is 3.21. The van der Waals surface area contributed by atoms with Crippen molar-refractivity contribution >= 4 is 17.2 Å². The van der Waals surface area contributed by atoms with Gasteiger partial charge in [0, 0.05) is 17.3 Å². The van der Waals surface area contributed by atoms with E-state index in [1.54, 1.807) is 17.5 Å². The maximum absolute atomic E-state index is 4.15. The molecule has 2 aromatic heterocycles. The second-order valence-electron chi connectivity index (χ2n) is 2.54. The summed E-state index contributed by atoms with van der Waals surface area (Å²) in [6.07, 6.45) is 3.63. The third kappa shape index (κ3) is 2.26. The summed E-state index contributed by atoms with van der Waals surface area (Å²) in [4.78, 5) is 9.36. The first-order chi connectivity index (χ1) is 6.45. The largest absolute Gasteiger partial charge is 0.365 e. The van der Waals surface area contributed by atoms with Gasteiger partial charge in [-0.2, -0.15) is 0 Å². The fraction of sp³-hybridized carbons (Fsp3) is 0.111. The molecule has 4 heteroatoms. The van der Waals surface area contributed by atoms with Crippen LogP contribution < -0.4 is 5.32 Å². The molecule has 0 bridgehead atoms. The second kappa shape index (κ2) is 4.00. The summed E-state index contributed by atoms with van der Waals surface area (Å²) in [6.45, 7) is 0.793. The lowest BCUT2D eigenvalue weighted by atomic mass is 10.4.